The third-order valence-corrected chi connectivity index (χ3v) is 5.93. The number of ketones is 2. The average Bonchev–Trinajstić information content (AvgIpc) is 2.34. The van der Waals surface area contributed by atoms with Gasteiger partial charge in [0, 0.05) is 17.9 Å². The SMILES string of the molecule is CC(C)=O.CC(C)=O.O=C(O)c1c(Br)c(Br)c(C(=O)O)c(Br)c1Br. The van der Waals surface area contributed by atoms with Gasteiger partial charge in [0.15, 0.2) is 0 Å². The van der Waals surface area contributed by atoms with Crippen molar-refractivity contribution in [1.29, 1.82) is 0 Å². The summed E-state index contributed by atoms with van der Waals surface area (Å²) < 4.78 is 0.694. The zero-order valence-electron chi connectivity index (χ0n) is 13.0. The van der Waals surface area contributed by atoms with Crippen LogP contribution in [0.4, 0.5) is 0 Å². The van der Waals surface area contributed by atoms with E-state index in [9.17, 15) is 19.2 Å². The van der Waals surface area contributed by atoms with Crippen molar-refractivity contribution in [2.24, 2.45) is 0 Å². The number of carboxylic acid groups (broad SMARTS) is 2. The molecule has 0 spiro atoms. The molecule has 2 N–H and O–H groups in total. The number of rotatable bonds is 2. The number of Topliss-reactive ketones (excluding diaryl/α,β-unsaturated/α-hetero) is 2. The van der Waals surface area contributed by atoms with E-state index in [1.807, 2.05) is 0 Å². The molecule has 0 aromatic heterocycles. The van der Waals surface area contributed by atoms with Crippen LogP contribution in [0.1, 0.15) is 48.4 Å². The highest BCUT2D eigenvalue weighted by Crippen LogP contribution is 2.41. The Kier molecular flexibility index (Phi) is 12.7. The van der Waals surface area contributed by atoms with Crippen LogP contribution < -0.4 is 0 Å². The van der Waals surface area contributed by atoms with Crippen molar-refractivity contribution in [2.75, 3.05) is 0 Å². The molecule has 0 bridgehead atoms. The summed E-state index contributed by atoms with van der Waals surface area (Å²) >= 11 is 12.2. The Morgan fingerprint density at radius 3 is 0.792 bits per heavy atom. The highest BCUT2D eigenvalue weighted by molar-refractivity contribution is 9.14. The van der Waals surface area contributed by atoms with Crippen LogP contribution in [-0.2, 0) is 9.59 Å². The third-order valence-electron chi connectivity index (χ3n) is 1.69. The Morgan fingerprint density at radius 1 is 0.583 bits per heavy atom. The number of hydrogen-bond donors (Lipinski definition) is 2. The van der Waals surface area contributed by atoms with Crippen molar-refractivity contribution < 1.29 is 29.4 Å². The summed E-state index contributed by atoms with van der Waals surface area (Å²) in [5, 5.41) is 18.0. The van der Waals surface area contributed by atoms with E-state index in [1.54, 1.807) is 0 Å². The molecule has 134 valence electrons. The Hall–Kier alpha value is -0.580. The van der Waals surface area contributed by atoms with E-state index in [0.717, 1.165) is 0 Å². The molecule has 24 heavy (non-hydrogen) atoms. The van der Waals surface area contributed by atoms with Crippen LogP contribution in [0, 0.1) is 0 Å². The van der Waals surface area contributed by atoms with Crippen LogP contribution in [0.5, 0.6) is 0 Å². The molecule has 0 aliphatic rings. The van der Waals surface area contributed by atoms with Crippen LogP contribution in [-0.4, -0.2) is 33.7 Å². The number of carbonyl (C=O) groups is 4. The first-order chi connectivity index (χ1) is 10.7. The Balaban J connectivity index is 0. The van der Waals surface area contributed by atoms with Gasteiger partial charge < -0.3 is 19.8 Å². The van der Waals surface area contributed by atoms with Gasteiger partial charge in [-0.3, -0.25) is 0 Å². The average molecular weight is 598 g/mol. The molecular formula is C14H14Br4O6. The minimum atomic E-state index is -1.17. The second-order valence-corrected chi connectivity index (χ2v) is 7.60. The summed E-state index contributed by atoms with van der Waals surface area (Å²) in [4.78, 5) is 40.8. The van der Waals surface area contributed by atoms with Crippen LogP contribution in [0.15, 0.2) is 17.9 Å². The molecule has 0 aliphatic heterocycles. The molecule has 0 fully saturated rings. The molecule has 1 rings (SSSR count). The van der Waals surface area contributed by atoms with Crippen molar-refractivity contribution in [2.45, 2.75) is 27.7 Å². The lowest BCUT2D eigenvalue weighted by atomic mass is 10.1. The molecule has 6 nitrogen and oxygen atoms in total. The molecule has 0 saturated heterocycles. The lowest BCUT2D eigenvalue weighted by molar-refractivity contribution is -0.115. The number of carboxylic acids is 2. The summed E-state index contributed by atoms with van der Waals surface area (Å²) in [6, 6.07) is 0. The monoisotopic (exact) mass is 594 g/mol. The predicted molar refractivity (Wildman–Crippen MR) is 104 cm³/mol. The Bertz CT molecular complexity index is 576. The summed E-state index contributed by atoms with van der Waals surface area (Å²) in [7, 11) is 0. The highest BCUT2D eigenvalue weighted by atomic mass is 79.9. The van der Waals surface area contributed by atoms with Crippen molar-refractivity contribution in [3.63, 3.8) is 0 Å². The zero-order chi connectivity index (χ0) is 19.8. The molecule has 1 aromatic carbocycles. The van der Waals surface area contributed by atoms with E-state index in [0.29, 0.717) is 0 Å². The first kappa shape index (κ1) is 25.7. The van der Waals surface area contributed by atoms with Crippen LogP contribution in [0.2, 0.25) is 0 Å². The van der Waals surface area contributed by atoms with Gasteiger partial charge >= 0.3 is 11.9 Å². The smallest absolute Gasteiger partial charge is 0.338 e. The fourth-order valence-electron chi connectivity index (χ4n) is 1.01. The lowest BCUT2D eigenvalue weighted by Gasteiger charge is -2.11. The van der Waals surface area contributed by atoms with Crippen molar-refractivity contribution in [3.05, 3.63) is 29.0 Å². The molecular weight excluding hydrogens is 584 g/mol. The minimum absolute atomic E-state index is 0.0521. The molecule has 0 aliphatic carbocycles. The topological polar surface area (TPSA) is 109 Å². The van der Waals surface area contributed by atoms with Gasteiger partial charge in [0.05, 0.1) is 11.1 Å². The van der Waals surface area contributed by atoms with E-state index in [-0.39, 0.29) is 40.6 Å². The Morgan fingerprint density at radius 2 is 0.708 bits per heavy atom. The summed E-state index contributed by atoms with van der Waals surface area (Å²) in [6.45, 7) is 6.11. The van der Waals surface area contributed by atoms with E-state index < -0.39 is 11.9 Å². The summed E-state index contributed by atoms with van der Waals surface area (Å²) in [6.07, 6.45) is 0. The number of aromatic carboxylic acids is 2. The highest BCUT2D eigenvalue weighted by Gasteiger charge is 2.26. The van der Waals surface area contributed by atoms with Gasteiger partial charge in [0.2, 0.25) is 0 Å². The van der Waals surface area contributed by atoms with Gasteiger partial charge in [-0.2, -0.15) is 0 Å². The van der Waals surface area contributed by atoms with Gasteiger partial charge in [0.25, 0.3) is 0 Å². The molecule has 0 saturated carbocycles. The summed E-state index contributed by atoms with van der Waals surface area (Å²) in [5.41, 5.74) is -0.104. The van der Waals surface area contributed by atoms with Gasteiger partial charge in [0.1, 0.15) is 11.6 Å². The van der Waals surface area contributed by atoms with Gasteiger partial charge in [-0.1, -0.05) is 0 Å². The number of benzene rings is 1. The quantitative estimate of drug-likeness (QED) is 0.447. The molecule has 0 radical (unpaired) electrons. The minimum Gasteiger partial charge on any atom is -0.478 e. The molecule has 10 heteroatoms. The molecule has 0 unspecified atom stereocenters. The molecule has 0 heterocycles. The van der Waals surface area contributed by atoms with Crippen LogP contribution in [0.25, 0.3) is 0 Å². The molecule has 1 aromatic rings. The fraction of sp³-hybridized carbons (Fsp3) is 0.286. The number of hydrogen-bond acceptors (Lipinski definition) is 4. The lowest BCUT2D eigenvalue weighted by Crippen LogP contribution is -2.07. The Labute approximate surface area is 172 Å². The molecule has 0 amide bonds. The van der Waals surface area contributed by atoms with Crippen LogP contribution >= 0.6 is 63.7 Å². The van der Waals surface area contributed by atoms with Gasteiger partial charge in [-0.15, -0.1) is 0 Å². The maximum absolute atomic E-state index is 11.0. The number of carbonyl (C=O) groups excluding carboxylic acids is 2. The normalized spacial score (nSPS) is 9.00. The fourth-order valence-corrected chi connectivity index (χ4v) is 3.80. The molecule has 0 atom stereocenters. The van der Waals surface area contributed by atoms with Crippen molar-refractivity contribution in [1.82, 2.24) is 0 Å². The maximum Gasteiger partial charge on any atom is 0.338 e. The standard InChI is InChI=1S/C8H2Br4O4.2C3H6O/c9-3-1(7(13)14)4(10)6(12)2(5(3)11)8(15)16;2*1-3(2)4/h(H,13,14)(H,15,16);2*1-2H3. The van der Waals surface area contributed by atoms with Crippen molar-refractivity contribution >= 4 is 87.2 Å². The van der Waals surface area contributed by atoms with E-state index >= 15 is 0 Å². The van der Waals surface area contributed by atoms with E-state index in [2.05, 4.69) is 63.7 Å². The van der Waals surface area contributed by atoms with Gasteiger partial charge in [-0.05, 0) is 91.4 Å². The second-order valence-electron chi connectivity index (χ2n) is 4.43. The predicted octanol–water partition coefficient (Wildman–Crippen LogP) is 5.32. The van der Waals surface area contributed by atoms with E-state index in [4.69, 9.17) is 10.2 Å². The van der Waals surface area contributed by atoms with Crippen molar-refractivity contribution in [3.8, 4) is 0 Å². The first-order valence-corrected chi connectivity index (χ1v) is 9.19. The zero-order valence-corrected chi connectivity index (χ0v) is 19.4. The number of halogens is 4. The second kappa shape index (κ2) is 11.9. The van der Waals surface area contributed by atoms with E-state index in [1.165, 1.54) is 27.7 Å². The maximum atomic E-state index is 11.0. The third kappa shape index (κ3) is 9.05. The first-order valence-electron chi connectivity index (χ1n) is 6.02. The summed E-state index contributed by atoms with van der Waals surface area (Å²) in [5.74, 6) is -2.01. The van der Waals surface area contributed by atoms with Crippen LogP contribution in [0.3, 0.4) is 0 Å². The van der Waals surface area contributed by atoms with Gasteiger partial charge in [-0.25, -0.2) is 9.59 Å². The largest absolute Gasteiger partial charge is 0.478 e.